The molecule has 0 saturated carbocycles. The van der Waals surface area contributed by atoms with Crippen LogP contribution in [-0.2, 0) is 27.2 Å². The van der Waals surface area contributed by atoms with Crippen LogP contribution < -0.4 is 9.79 Å². The fourth-order valence-corrected chi connectivity index (χ4v) is 9.01. The Morgan fingerprint density at radius 3 is 0.694 bits per heavy atom. The molecule has 0 aromatic rings. The average Bonchev–Trinajstić information content (AvgIpc) is 3.19. The summed E-state index contributed by atoms with van der Waals surface area (Å²) >= 11 is 0. The Hall–Kier alpha value is 0.0600. The maximum absolute atomic E-state index is 12.1. The Labute approximate surface area is 384 Å². The molecule has 62 heavy (non-hydrogen) atoms. The van der Waals surface area contributed by atoms with E-state index >= 15 is 0 Å². The average molecular weight is 927 g/mol. The number of unbranched alkanes of at least 4 members (excludes halogenated alkanes) is 29. The van der Waals surface area contributed by atoms with Crippen molar-refractivity contribution in [3.05, 3.63) is 0 Å². The van der Waals surface area contributed by atoms with Gasteiger partial charge in [-0.3, -0.25) is 9.13 Å². The lowest BCUT2D eigenvalue weighted by molar-refractivity contribution is -0.889. The number of phosphoric ester groups is 2. The molecule has 2 unspecified atom stereocenters. The highest BCUT2D eigenvalue weighted by Gasteiger charge is 2.19. The highest BCUT2D eigenvalue weighted by molar-refractivity contribution is 7.46. The lowest BCUT2D eigenvalue weighted by atomic mass is 10.0. The summed E-state index contributed by atoms with van der Waals surface area (Å²) in [5.74, 6) is 0. The van der Waals surface area contributed by atoms with Crippen LogP contribution in [0.2, 0.25) is 0 Å². The Kier molecular flexibility index (Phi) is 40.2. The highest BCUT2D eigenvalue weighted by Crippen LogP contribution is 2.39. The fraction of sp³-hybridized carbons (Fsp3) is 1.00. The van der Waals surface area contributed by atoms with Crippen LogP contribution in [0.1, 0.15) is 193 Å². The van der Waals surface area contributed by atoms with Crippen molar-refractivity contribution < 1.29 is 46.0 Å². The molecular weight excluding hydrogens is 822 g/mol. The lowest BCUT2D eigenvalue weighted by Gasteiger charge is -2.32. The Morgan fingerprint density at radius 2 is 0.500 bits per heavy atom. The number of quaternary nitrogens is 2. The molecule has 0 fully saturated rings. The molecular formula is C48H104N4O8P2. The zero-order valence-corrected chi connectivity index (χ0v) is 44.0. The van der Waals surface area contributed by atoms with Crippen molar-refractivity contribution in [3.63, 3.8) is 0 Å². The number of rotatable bonds is 49. The SMILES string of the molecule is CN(C)CC[N+](C)(C)CCOP(=O)([O-])OCCCCCCCCCCCCCCCCCCCCCCCCCCCCCCCCOP(=O)([O-])OCC[N+](C)(C)CCN(C)C. The monoisotopic (exact) mass is 927 g/mol. The van der Waals surface area contributed by atoms with Crippen LogP contribution in [0.3, 0.4) is 0 Å². The largest absolute Gasteiger partial charge is 0.756 e. The van der Waals surface area contributed by atoms with Crippen molar-refractivity contribution in [2.45, 2.75) is 193 Å². The van der Waals surface area contributed by atoms with Crippen LogP contribution >= 0.6 is 15.6 Å². The van der Waals surface area contributed by atoms with Crippen LogP contribution in [0.4, 0.5) is 0 Å². The number of phosphoric acid groups is 2. The van der Waals surface area contributed by atoms with E-state index in [0.29, 0.717) is 22.1 Å². The van der Waals surface area contributed by atoms with Crippen LogP contribution in [-0.4, -0.2) is 141 Å². The molecule has 12 nitrogen and oxygen atoms in total. The summed E-state index contributed by atoms with van der Waals surface area (Å²) in [7, 11) is 8.08. The molecule has 0 spiro atoms. The molecule has 0 amide bonds. The second-order valence-corrected chi connectivity index (χ2v) is 23.0. The van der Waals surface area contributed by atoms with Crippen molar-refractivity contribution in [2.24, 2.45) is 0 Å². The van der Waals surface area contributed by atoms with Gasteiger partial charge in [0.05, 0.1) is 54.5 Å². The van der Waals surface area contributed by atoms with Crippen molar-refractivity contribution in [2.75, 3.05) is 122 Å². The van der Waals surface area contributed by atoms with Gasteiger partial charge in [0.1, 0.15) is 26.3 Å². The van der Waals surface area contributed by atoms with Gasteiger partial charge < -0.3 is 46.6 Å². The van der Waals surface area contributed by atoms with Gasteiger partial charge in [0, 0.05) is 13.1 Å². The first-order valence-electron chi connectivity index (χ1n) is 25.6. The normalized spacial score (nSPS) is 14.6. The molecule has 0 saturated heterocycles. The molecule has 0 rings (SSSR count). The van der Waals surface area contributed by atoms with E-state index in [2.05, 4.69) is 38.0 Å². The van der Waals surface area contributed by atoms with E-state index in [1.165, 1.54) is 154 Å². The number of likely N-dealkylation sites (N-methyl/N-ethyl adjacent to an activating group) is 4. The number of nitrogens with zero attached hydrogens (tertiary/aromatic N) is 4. The van der Waals surface area contributed by atoms with Gasteiger partial charge in [-0.1, -0.05) is 180 Å². The molecule has 0 bridgehead atoms. The van der Waals surface area contributed by atoms with Crippen molar-refractivity contribution >= 4 is 15.6 Å². The van der Waals surface area contributed by atoms with Gasteiger partial charge in [-0.05, 0) is 41.0 Å². The van der Waals surface area contributed by atoms with E-state index in [4.69, 9.17) is 18.1 Å². The third-order valence-electron chi connectivity index (χ3n) is 12.2. The third-order valence-corrected chi connectivity index (χ3v) is 14.2. The Bertz CT molecular complexity index is 1000. The molecule has 0 N–H and O–H groups in total. The van der Waals surface area contributed by atoms with Crippen LogP contribution in [0.5, 0.6) is 0 Å². The Morgan fingerprint density at radius 1 is 0.323 bits per heavy atom. The molecule has 0 aliphatic carbocycles. The third kappa shape index (κ3) is 46.6. The molecule has 14 heteroatoms. The minimum absolute atomic E-state index is 0.157. The quantitative estimate of drug-likeness (QED) is 0.0331. The second-order valence-electron chi connectivity index (χ2n) is 20.2. The molecule has 0 aromatic carbocycles. The van der Waals surface area contributed by atoms with Crippen molar-refractivity contribution in [3.8, 4) is 0 Å². The lowest BCUT2D eigenvalue weighted by Crippen LogP contribution is -2.46. The first kappa shape index (κ1) is 62.1. The number of hydrogen-bond acceptors (Lipinski definition) is 10. The smallest absolute Gasteiger partial charge is 0.268 e. The summed E-state index contributed by atoms with van der Waals surface area (Å²) in [5, 5.41) is 0. The van der Waals surface area contributed by atoms with Crippen LogP contribution in [0, 0.1) is 0 Å². The standard InChI is InChI=1S/C48H104N4O8P2/c1-49(2)39-41-51(5,6)43-47-59-61(53,54)57-45-37-35-33-31-29-27-25-23-21-19-17-15-13-11-9-10-12-14-16-18-20-22-24-26-28-30-32-34-36-38-46-58-62(55,56)60-48-44-52(7,8)42-40-50(3)4/h9-48H2,1-8H3. The van der Waals surface area contributed by atoms with E-state index in [1.807, 2.05) is 28.2 Å². The van der Waals surface area contributed by atoms with Crippen molar-refractivity contribution in [1.82, 2.24) is 9.80 Å². The molecule has 0 heterocycles. The summed E-state index contributed by atoms with van der Waals surface area (Å²) in [6, 6.07) is 0. The minimum Gasteiger partial charge on any atom is -0.756 e. The van der Waals surface area contributed by atoms with E-state index in [9.17, 15) is 18.9 Å². The van der Waals surface area contributed by atoms with Gasteiger partial charge in [-0.2, -0.15) is 0 Å². The van der Waals surface area contributed by atoms with Crippen molar-refractivity contribution in [1.29, 1.82) is 0 Å². The molecule has 0 aliphatic rings. The second kappa shape index (κ2) is 40.2. The maximum atomic E-state index is 12.1. The minimum atomic E-state index is -4.21. The van der Waals surface area contributed by atoms with Gasteiger partial charge >= 0.3 is 0 Å². The van der Waals surface area contributed by atoms with Gasteiger partial charge in [0.25, 0.3) is 15.6 Å². The van der Waals surface area contributed by atoms with E-state index in [1.54, 1.807) is 0 Å². The summed E-state index contributed by atoms with van der Waals surface area (Å²) in [4.78, 5) is 28.4. The topological polar surface area (TPSA) is 124 Å². The molecule has 374 valence electrons. The molecule has 2 atom stereocenters. The van der Waals surface area contributed by atoms with Gasteiger partial charge in [0.2, 0.25) is 0 Å². The van der Waals surface area contributed by atoms with Gasteiger partial charge in [0.15, 0.2) is 0 Å². The maximum Gasteiger partial charge on any atom is 0.268 e. The number of hydrogen-bond donors (Lipinski definition) is 0. The molecule has 0 radical (unpaired) electrons. The fourth-order valence-electron chi connectivity index (χ4n) is 7.55. The van der Waals surface area contributed by atoms with Gasteiger partial charge in [-0.15, -0.1) is 0 Å². The first-order valence-corrected chi connectivity index (χ1v) is 28.5. The highest BCUT2D eigenvalue weighted by atomic mass is 31.2. The molecule has 0 aromatic heterocycles. The first-order chi connectivity index (χ1) is 29.5. The van der Waals surface area contributed by atoms with Crippen LogP contribution in [0.25, 0.3) is 0 Å². The zero-order chi connectivity index (χ0) is 46.3. The predicted octanol–water partition coefficient (Wildman–Crippen LogP) is 11.0. The predicted molar refractivity (Wildman–Crippen MR) is 258 cm³/mol. The Balaban J connectivity index is 3.34. The van der Waals surface area contributed by atoms with Crippen LogP contribution in [0.15, 0.2) is 0 Å². The summed E-state index contributed by atoms with van der Waals surface area (Å²) in [5.41, 5.74) is 0. The van der Waals surface area contributed by atoms with E-state index in [0.717, 1.165) is 64.7 Å². The summed E-state index contributed by atoms with van der Waals surface area (Å²) in [6.07, 6.45) is 38.5. The molecule has 0 aliphatic heterocycles. The zero-order valence-electron chi connectivity index (χ0n) is 42.2. The summed E-state index contributed by atoms with van der Waals surface area (Å²) in [6.45, 7) is 5.79. The van der Waals surface area contributed by atoms with E-state index < -0.39 is 15.6 Å². The summed E-state index contributed by atoms with van der Waals surface area (Å²) < 4.78 is 45.9. The van der Waals surface area contributed by atoms with Gasteiger partial charge in [-0.25, -0.2) is 0 Å². The van der Waals surface area contributed by atoms with E-state index in [-0.39, 0.29) is 26.4 Å².